The average Bonchev–Trinajstić information content (AvgIpc) is 3.09. The third-order valence-corrected chi connectivity index (χ3v) is 7.90. The molecular weight excluding hydrogens is 584 g/mol. The van der Waals surface area contributed by atoms with Crippen LogP contribution in [-0.4, -0.2) is 25.7 Å². The van der Waals surface area contributed by atoms with Crippen LogP contribution in [0.3, 0.4) is 0 Å². The van der Waals surface area contributed by atoms with Crippen molar-refractivity contribution in [2.24, 2.45) is 5.92 Å². The van der Waals surface area contributed by atoms with Gasteiger partial charge in [-0.25, -0.2) is 4.79 Å². The van der Waals surface area contributed by atoms with E-state index in [1.807, 2.05) is 50.2 Å². The second kappa shape index (κ2) is 15.4. The Morgan fingerprint density at radius 3 is 1.66 bits per heavy atom. The van der Waals surface area contributed by atoms with Crippen molar-refractivity contribution in [3.8, 4) is 56.0 Å². The maximum atomic E-state index is 12.3. The van der Waals surface area contributed by atoms with E-state index in [-0.39, 0.29) is 24.1 Å². The summed E-state index contributed by atoms with van der Waals surface area (Å²) in [6.45, 7) is 9.66. The van der Waals surface area contributed by atoms with Crippen molar-refractivity contribution in [2.45, 2.75) is 33.6 Å². The number of carbonyl (C=O) groups is 2. The second-order valence-electron chi connectivity index (χ2n) is 11.8. The van der Waals surface area contributed by atoms with E-state index in [0.29, 0.717) is 11.5 Å². The average molecular weight is 625 g/mol. The molecule has 5 heteroatoms. The molecule has 0 spiro atoms. The first-order chi connectivity index (χ1) is 22.7. The van der Waals surface area contributed by atoms with E-state index >= 15 is 0 Å². The molecule has 0 heterocycles. The molecule has 0 radical (unpaired) electrons. The van der Waals surface area contributed by atoms with Crippen LogP contribution >= 0.6 is 0 Å². The Bertz CT molecular complexity index is 1830. The highest BCUT2D eigenvalue weighted by Gasteiger charge is 2.14. The lowest BCUT2D eigenvalue weighted by molar-refractivity contribution is -0.137. The number of esters is 2. The van der Waals surface area contributed by atoms with Gasteiger partial charge in [0.1, 0.15) is 11.5 Å². The van der Waals surface area contributed by atoms with Crippen LogP contribution in [0.2, 0.25) is 0 Å². The molecule has 0 aliphatic rings. The Kier molecular flexibility index (Phi) is 10.8. The Labute approximate surface area is 277 Å². The van der Waals surface area contributed by atoms with Crippen LogP contribution in [0, 0.1) is 5.92 Å². The van der Waals surface area contributed by atoms with E-state index < -0.39 is 5.97 Å². The molecular formula is C42H40O5. The number of ether oxygens (including phenoxy) is 3. The first-order valence-corrected chi connectivity index (χ1v) is 15.9. The fourth-order valence-corrected chi connectivity index (χ4v) is 5.27. The third-order valence-electron chi connectivity index (χ3n) is 7.90. The monoisotopic (exact) mass is 624 g/mol. The molecule has 0 aromatic heterocycles. The number of hydrogen-bond acceptors (Lipinski definition) is 5. The Morgan fingerprint density at radius 2 is 1.09 bits per heavy atom. The quantitative estimate of drug-likeness (QED) is 0.0785. The maximum Gasteiger partial charge on any atom is 0.341 e. The highest BCUT2D eigenvalue weighted by Crippen LogP contribution is 2.37. The summed E-state index contributed by atoms with van der Waals surface area (Å²) in [6, 6.07) is 38.8. The Morgan fingerprint density at radius 1 is 0.617 bits per heavy atom. The Balaban J connectivity index is 1.48. The fraction of sp³-hybridized carbons (Fsp3) is 0.190. The van der Waals surface area contributed by atoms with Crippen molar-refractivity contribution >= 4 is 11.9 Å². The molecule has 0 aliphatic heterocycles. The standard InChI is InChI=1S/C42H40O5/c1-6-7-30-8-10-31(11-9-30)32-12-14-35(15-13-32)40-26-36(33-16-21-37(22-17-33)46-41(43)28(2)3)20-25-39(40)34-18-23-38(24-19-34)47-42(44)29(4)27-45-5/h8-26,28H,4,6-7,27H2,1-3,5H3. The maximum absolute atomic E-state index is 12.3. The smallest absolute Gasteiger partial charge is 0.341 e. The molecule has 0 bridgehead atoms. The summed E-state index contributed by atoms with van der Waals surface area (Å²) in [5.41, 5.74) is 10.1. The van der Waals surface area contributed by atoms with Crippen molar-refractivity contribution in [1.82, 2.24) is 0 Å². The van der Waals surface area contributed by atoms with Gasteiger partial charge in [0, 0.05) is 7.11 Å². The SMILES string of the molecule is C=C(COC)C(=O)Oc1ccc(-c2ccc(-c3ccc(OC(=O)C(C)C)cc3)cc2-c2ccc(-c3ccc(CCC)cc3)cc2)cc1. The molecule has 0 atom stereocenters. The minimum absolute atomic E-state index is 0.113. The largest absolute Gasteiger partial charge is 0.426 e. The van der Waals surface area contributed by atoms with Gasteiger partial charge in [-0.1, -0.05) is 119 Å². The van der Waals surface area contributed by atoms with Gasteiger partial charge in [0.15, 0.2) is 0 Å². The van der Waals surface area contributed by atoms with E-state index in [1.165, 1.54) is 18.2 Å². The topological polar surface area (TPSA) is 61.8 Å². The van der Waals surface area contributed by atoms with Crippen LogP contribution in [0.25, 0.3) is 44.5 Å². The zero-order valence-electron chi connectivity index (χ0n) is 27.4. The molecule has 0 N–H and O–H groups in total. The van der Waals surface area contributed by atoms with Gasteiger partial charge in [0.05, 0.1) is 18.1 Å². The molecule has 0 saturated heterocycles. The van der Waals surface area contributed by atoms with Crippen LogP contribution in [0.1, 0.15) is 32.8 Å². The van der Waals surface area contributed by atoms with Gasteiger partial charge in [0.25, 0.3) is 0 Å². The zero-order valence-corrected chi connectivity index (χ0v) is 27.4. The predicted molar refractivity (Wildman–Crippen MR) is 189 cm³/mol. The molecule has 0 aliphatic carbocycles. The third kappa shape index (κ3) is 8.32. The molecule has 0 unspecified atom stereocenters. The number of rotatable bonds is 12. The zero-order chi connectivity index (χ0) is 33.3. The van der Waals surface area contributed by atoms with Gasteiger partial charge in [0.2, 0.25) is 0 Å². The summed E-state index contributed by atoms with van der Waals surface area (Å²) < 4.78 is 16.0. The van der Waals surface area contributed by atoms with Gasteiger partial charge in [-0.05, 0) is 86.8 Å². The highest BCUT2D eigenvalue weighted by atomic mass is 16.5. The summed E-state index contributed by atoms with van der Waals surface area (Å²) >= 11 is 0. The van der Waals surface area contributed by atoms with Gasteiger partial charge in [-0.3, -0.25) is 4.79 Å². The minimum Gasteiger partial charge on any atom is -0.426 e. The second-order valence-corrected chi connectivity index (χ2v) is 11.8. The molecule has 0 saturated carbocycles. The summed E-state index contributed by atoms with van der Waals surface area (Å²) in [5.74, 6) is -0.0242. The van der Waals surface area contributed by atoms with Gasteiger partial charge in [-0.2, -0.15) is 0 Å². The van der Waals surface area contributed by atoms with Gasteiger partial charge in [-0.15, -0.1) is 0 Å². The first-order valence-electron chi connectivity index (χ1n) is 15.9. The summed E-state index contributed by atoms with van der Waals surface area (Å²) in [7, 11) is 1.51. The van der Waals surface area contributed by atoms with Crippen molar-refractivity contribution in [3.05, 3.63) is 133 Å². The predicted octanol–water partition coefficient (Wildman–Crippen LogP) is 9.98. The molecule has 238 valence electrons. The lowest BCUT2D eigenvalue weighted by Gasteiger charge is -2.15. The summed E-state index contributed by atoms with van der Waals surface area (Å²) in [5, 5.41) is 0. The fourth-order valence-electron chi connectivity index (χ4n) is 5.27. The normalized spacial score (nSPS) is 10.9. The number of carbonyl (C=O) groups excluding carboxylic acids is 2. The number of methoxy groups -OCH3 is 1. The van der Waals surface area contributed by atoms with Crippen molar-refractivity contribution in [3.63, 3.8) is 0 Å². The molecule has 47 heavy (non-hydrogen) atoms. The van der Waals surface area contributed by atoms with Crippen LogP contribution in [0.15, 0.2) is 127 Å². The van der Waals surface area contributed by atoms with Gasteiger partial charge >= 0.3 is 11.9 Å². The summed E-state index contributed by atoms with van der Waals surface area (Å²) in [6.07, 6.45) is 2.21. The van der Waals surface area contributed by atoms with Crippen LogP contribution in [0.5, 0.6) is 11.5 Å². The highest BCUT2D eigenvalue weighted by molar-refractivity contribution is 5.90. The molecule has 0 amide bonds. The Hall–Kier alpha value is -5.26. The van der Waals surface area contributed by atoms with Crippen LogP contribution in [0.4, 0.5) is 0 Å². The van der Waals surface area contributed by atoms with Gasteiger partial charge < -0.3 is 14.2 Å². The molecule has 5 nitrogen and oxygen atoms in total. The van der Waals surface area contributed by atoms with Crippen LogP contribution in [-0.2, 0) is 20.7 Å². The molecule has 5 aromatic carbocycles. The molecule has 5 rings (SSSR count). The lowest BCUT2D eigenvalue weighted by atomic mass is 9.90. The lowest BCUT2D eigenvalue weighted by Crippen LogP contribution is -2.14. The van der Waals surface area contributed by atoms with E-state index in [4.69, 9.17) is 14.2 Å². The van der Waals surface area contributed by atoms with Crippen molar-refractivity contribution in [2.75, 3.05) is 13.7 Å². The minimum atomic E-state index is -0.519. The molecule has 5 aromatic rings. The number of benzene rings is 5. The van der Waals surface area contributed by atoms with E-state index in [9.17, 15) is 9.59 Å². The van der Waals surface area contributed by atoms with Crippen molar-refractivity contribution < 1.29 is 23.8 Å². The van der Waals surface area contributed by atoms with E-state index in [0.717, 1.165) is 51.8 Å². The van der Waals surface area contributed by atoms with E-state index in [2.05, 4.69) is 80.2 Å². The van der Waals surface area contributed by atoms with Crippen LogP contribution < -0.4 is 9.47 Å². The summed E-state index contributed by atoms with van der Waals surface area (Å²) in [4.78, 5) is 24.4. The van der Waals surface area contributed by atoms with E-state index in [1.54, 1.807) is 12.1 Å². The number of aryl methyl sites for hydroxylation is 1. The number of hydrogen-bond donors (Lipinski definition) is 0. The first kappa shape index (κ1) is 33.1. The van der Waals surface area contributed by atoms with Crippen molar-refractivity contribution in [1.29, 1.82) is 0 Å². The molecule has 0 fully saturated rings.